The number of imidazole rings is 1. The maximum absolute atomic E-state index is 13.9. The third-order valence-electron chi connectivity index (χ3n) is 4.24. The van der Waals surface area contributed by atoms with Gasteiger partial charge in [0, 0.05) is 18.7 Å². The first-order valence-corrected chi connectivity index (χ1v) is 8.68. The fraction of sp³-hybridized carbons (Fsp3) is 0.533. The molecular weight excluding hydrogens is 404 g/mol. The molecule has 2 unspecified atom stereocenters. The summed E-state index contributed by atoms with van der Waals surface area (Å²) in [5.41, 5.74) is 1.67. The number of hydrogen-bond donors (Lipinski definition) is 0. The Bertz CT molecular complexity index is 670. The summed E-state index contributed by atoms with van der Waals surface area (Å²) in [5.74, 6) is 0.631. The Labute approximate surface area is 142 Å². The number of likely N-dealkylation sites (N-methyl/N-ethyl adjacent to an activating group) is 1. The first-order valence-electron chi connectivity index (χ1n) is 7.17. The SMILES string of the molecule is CC(Cl)c1nc2cc(I)c(F)cc2n1CC1CCCN1C. The Morgan fingerprint density at radius 3 is 2.90 bits per heavy atom. The largest absolute Gasteiger partial charge is 0.325 e. The van der Waals surface area contributed by atoms with Crippen LogP contribution in [0.3, 0.4) is 0 Å². The average molecular weight is 422 g/mol. The molecule has 0 bridgehead atoms. The summed E-state index contributed by atoms with van der Waals surface area (Å²) in [6.45, 7) is 3.85. The molecule has 0 N–H and O–H groups in total. The van der Waals surface area contributed by atoms with Gasteiger partial charge in [-0.1, -0.05) is 0 Å². The third-order valence-corrected chi connectivity index (χ3v) is 5.26. The van der Waals surface area contributed by atoms with E-state index in [1.54, 1.807) is 12.1 Å². The van der Waals surface area contributed by atoms with Crippen molar-refractivity contribution >= 4 is 45.2 Å². The van der Waals surface area contributed by atoms with Gasteiger partial charge in [0.25, 0.3) is 0 Å². The van der Waals surface area contributed by atoms with E-state index in [1.807, 2.05) is 29.5 Å². The Hall–Kier alpha value is -0.400. The minimum Gasteiger partial charge on any atom is -0.325 e. The third kappa shape index (κ3) is 2.92. The van der Waals surface area contributed by atoms with Gasteiger partial charge in [0.15, 0.2) is 0 Å². The van der Waals surface area contributed by atoms with Gasteiger partial charge in [-0.15, -0.1) is 11.6 Å². The molecule has 2 heterocycles. The van der Waals surface area contributed by atoms with Gasteiger partial charge < -0.3 is 9.47 Å². The van der Waals surface area contributed by atoms with Crippen molar-refractivity contribution in [3.63, 3.8) is 0 Å². The summed E-state index contributed by atoms with van der Waals surface area (Å²) in [5, 5.41) is -0.190. The van der Waals surface area contributed by atoms with Crippen LogP contribution < -0.4 is 0 Å². The first-order chi connectivity index (χ1) is 9.97. The summed E-state index contributed by atoms with van der Waals surface area (Å²) in [6.07, 6.45) is 2.38. The van der Waals surface area contributed by atoms with Crippen molar-refractivity contribution in [3.05, 3.63) is 27.3 Å². The van der Waals surface area contributed by atoms with E-state index in [-0.39, 0.29) is 11.2 Å². The fourth-order valence-corrected chi connectivity index (χ4v) is 3.67. The van der Waals surface area contributed by atoms with Crippen LogP contribution in [0.4, 0.5) is 4.39 Å². The van der Waals surface area contributed by atoms with Crippen molar-refractivity contribution in [2.45, 2.75) is 37.7 Å². The molecule has 0 aliphatic carbocycles. The second kappa shape index (κ2) is 6.01. The second-order valence-corrected chi connectivity index (χ2v) is 7.55. The standard InChI is InChI=1S/C15H18ClFIN3/c1-9(16)15-19-13-7-12(18)11(17)6-14(13)21(15)8-10-4-3-5-20(10)2/h6-7,9-10H,3-5,8H2,1-2H3. The lowest BCUT2D eigenvalue weighted by Gasteiger charge is -2.22. The van der Waals surface area contributed by atoms with Crippen LogP contribution in [0.5, 0.6) is 0 Å². The van der Waals surface area contributed by atoms with E-state index in [0.717, 1.165) is 29.9 Å². The van der Waals surface area contributed by atoms with Crippen molar-refractivity contribution < 1.29 is 4.39 Å². The molecule has 2 aromatic rings. The smallest absolute Gasteiger partial charge is 0.138 e. The van der Waals surface area contributed by atoms with Crippen LogP contribution >= 0.6 is 34.2 Å². The van der Waals surface area contributed by atoms with Crippen LogP contribution in [-0.4, -0.2) is 34.1 Å². The van der Waals surface area contributed by atoms with E-state index in [4.69, 9.17) is 11.6 Å². The lowest BCUT2D eigenvalue weighted by molar-refractivity contribution is 0.282. The van der Waals surface area contributed by atoms with Gasteiger partial charge in [-0.2, -0.15) is 0 Å². The fourth-order valence-electron chi connectivity index (χ4n) is 3.06. The van der Waals surface area contributed by atoms with Gasteiger partial charge in [-0.25, -0.2) is 9.37 Å². The number of halogens is 3. The number of fused-ring (bicyclic) bond motifs is 1. The highest BCUT2D eigenvalue weighted by Crippen LogP contribution is 2.29. The van der Waals surface area contributed by atoms with Crippen LogP contribution in [0.1, 0.15) is 31.0 Å². The van der Waals surface area contributed by atoms with Gasteiger partial charge in [0.1, 0.15) is 11.6 Å². The van der Waals surface area contributed by atoms with E-state index in [1.165, 1.54) is 12.8 Å². The molecule has 1 aliphatic rings. The molecule has 0 radical (unpaired) electrons. The van der Waals surface area contributed by atoms with E-state index >= 15 is 0 Å². The maximum Gasteiger partial charge on any atom is 0.138 e. The monoisotopic (exact) mass is 421 g/mol. The number of benzene rings is 1. The van der Waals surface area contributed by atoms with E-state index in [9.17, 15) is 4.39 Å². The second-order valence-electron chi connectivity index (χ2n) is 5.73. The molecular formula is C15H18ClFIN3. The summed E-state index contributed by atoms with van der Waals surface area (Å²) >= 11 is 8.29. The summed E-state index contributed by atoms with van der Waals surface area (Å²) in [6, 6.07) is 3.85. The van der Waals surface area contributed by atoms with Gasteiger partial charge in [0.2, 0.25) is 0 Å². The number of nitrogens with zero attached hydrogens (tertiary/aromatic N) is 3. The Morgan fingerprint density at radius 2 is 2.29 bits per heavy atom. The molecule has 1 aromatic carbocycles. The first kappa shape index (κ1) is 15.5. The van der Waals surface area contributed by atoms with Crippen molar-refractivity contribution in [2.24, 2.45) is 0 Å². The molecule has 0 saturated carbocycles. The van der Waals surface area contributed by atoms with Crippen molar-refractivity contribution in [3.8, 4) is 0 Å². The lowest BCUT2D eigenvalue weighted by atomic mass is 10.2. The molecule has 3 nitrogen and oxygen atoms in total. The molecule has 1 saturated heterocycles. The molecule has 0 spiro atoms. The average Bonchev–Trinajstić information content (AvgIpc) is 2.97. The Morgan fingerprint density at radius 1 is 1.52 bits per heavy atom. The zero-order valence-electron chi connectivity index (χ0n) is 12.1. The molecule has 114 valence electrons. The van der Waals surface area contributed by atoms with Crippen LogP contribution in [0.15, 0.2) is 12.1 Å². The van der Waals surface area contributed by atoms with Gasteiger partial charge in [0.05, 0.1) is 20.0 Å². The molecule has 1 fully saturated rings. The van der Waals surface area contributed by atoms with E-state index in [2.05, 4.69) is 21.5 Å². The number of hydrogen-bond acceptors (Lipinski definition) is 2. The summed E-state index contributed by atoms with van der Waals surface area (Å²) in [4.78, 5) is 6.98. The number of aromatic nitrogens is 2. The minimum absolute atomic E-state index is 0.190. The van der Waals surface area contributed by atoms with Crippen molar-refractivity contribution in [1.29, 1.82) is 0 Å². The predicted molar refractivity (Wildman–Crippen MR) is 92.3 cm³/mol. The van der Waals surface area contributed by atoms with Crippen molar-refractivity contribution in [1.82, 2.24) is 14.5 Å². The van der Waals surface area contributed by atoms with Gasteiger partial charge in [-0.05, 0) is 62.0 Å². The highest BCUT2D eigenvalue weighted by Gasteiger charge is 2.25. The summed E-state index contributed by atoms with van der Waals surface area (Å²) < 4.78 is 16.6. The molecule has 1 aromatic heterocycles. The van der Waals surface area contributed by atoms with Crippen LogP contribution in [0.25, 0.3) is 11.0 Å². The van der Waals surface area contributed by atoms with Gasteiger partial charge >= 0.3 is 0 Å². The van der Waals surface area contributed by atoms with E-state index < -0.39 is 0 Å². The van der Waals surface area contributed by atoms with Crippen LogP contribution in [0.2, 0.25) is 0 Å². The lowest BCUT2D eigenvalue weighted by Crippen LogP contribution is -2.30. The zero-order chi connectivity index (χ0) is 15.1. The topological polar surface area (TPSA) is 21.1 Å². The highest BCUT2D eigenvalue weighted by atomic mass is 127. The highest BCUT2D eigenvalue weighted by molar-refractivity contribution is 14.1. The van der Waals surface area contributed by atoms with Crippen molar-refractivity contribution in [2.75, 3.05) is 13.6 Å². The Balaban J connectivity index is 2.09. The van der Waals surface area contributed by atoms with Gasteiger partial charge in [-0.3, -0.25) is 0 Å². The normalized spacial score (nSPS) is 21.3. The molecule has 3 rings (SSSR count). The quantitative estimate of drug-likeness (QED) is 0.548. The molecule has 0 amide bonds. The summed E-state index contributed by atoms with van der Waals surface area (Å²) in [7, 11) is 2.14. The Kier molecular flexibility index (Phi) is 4.43. The molecule has 1 aliphatic heterocycles. The molecule has 2 atom stereocenters. The number of alkyl halides is 1. The zero-order valence-corrected chi connectivity index (χ0v) is 15.0. The number of likely N-dealkylation sites (tertiary alicyclic amines) is 1. The van der Waals surface area contributed by atoms with Crippen LogP contribution in [0, 0.1) is 9.39 Å². The van der Waals surface area contributed by atoms with Crippen LogP contribution in [-0.2, 0) is 6.54 Å². The predicted octanol–water partition coefficient (Wildman–Crippen LogP) is 4.17. The number of rotatable bonds is 3. The van der Waals surface area contributed by atoms with E-state index in [0.29, 0.717) is 9.61 Å². The maximum atomic E-state index is 13.9. The molecule has 6 heteroatoms. The molecule has 21 heavy (non-hydrogen) atoms. The minimum atomic E-state index is -0.196.